The van der Waals surface area contributed by atoms with Crippen LogP contribution in [0.1, 0.15) is 271 Å². The Morgan fingerprint density at radius 2 is 0.821 bits per heavy atom. The quantitative estimate of drug-likeness (QED) is 0.0212. The number of likely N-dealkylation sites (N-methyl/N-ethyl adjacent to an activating group) is 1. The molecule has 0 aliphatic heterocycles. The fourth-order valence-electron chi connectivity index (χ4n) is 8.81. The number of unbranched alkanes of at least 4 members (excludes halogenated alkanes) is 27. The maximum atomic E-state index is 13.5. The lowest BCUT2D eigenvalue weighted by Crippen LogP contribution is -2.47. The lowest BCUT2D eigenvalue weighted by molar-refractivity contribution is -0.870. The van der Waals surface area contributed by atoms with E-state index in [-0.39, 0.29) is 24.9 Å². The second kappa shape index (κ2) is 57.2. The molecule has 0 fully saturated rings. The predicted octanol–water partition coefficient (Wildman–Crippen LogP) is 19.3. The lowest BCUT2D eigenvalue weighted by Gasteiger charge is -2.30. The second-order valence-electron chi connectivity index (χ2n) is 22.5. The van der Waals surface area contributed by atoms with Gasteiger partial charge in [0.25, 0.3) is 7.82 Å². The largest absolute Gasteiger partial charge is 0.756 e. The zero-order valence-electron chi connectivity index (χ0n) is 51.3. The number of nitrogens with one attached hydrogen (secondary N) is 1. The second-order valence-corrected chi connectivity index (χ2v) is 23.9. The summed E-state index contributed by atoms with van der Waals surface area (Å²) >= 11 is 0. The number of rotatable bonds is 57. The zero-order valence-corrected chi connectivity index (χ0v) is 52.2. The number of phosphoric ester groups is 1. The van der Waals surface area contributed by atoms with Gasteiger partial charge in [0.15, 0.2) is 0 Å². The van der Waals surface area contributed by atoms with Crippen LogP contribution in [0.5, 0.6) is 0 Å². The summed E-state index contributed by atoms with van der Waals surface area (Å²) in [5.41, 5.74) is 0. The van der Waals surface area contributed by atoms with Crippen molar-refractivity contribution in [3.63, 3.8) is 0 Å². The Kier molecular flexibility index (Phi) is 54.9. The van der Waals surface area contributed by atoms with E-state index in [1.54, 1.807) is 0 Å². The Morgan fingerprint density at radius 1 is 0.462 bits per heavy atom. The van der Waals surface area contributed by atoms with Crippen molar-refractivity contribution in [2.45, 2.75) is 283 Å². The molecule has 1 N–H and O–H groups in total. The minimum Gasteiger partial charge on any atom is -0.756 e. The van der Waals surface area contributed by atoms with Gasteiger partial charge in [0.2, 0.25) is 5.91 Å². The van der Waals surface area contributed by atoms with Crippen LogP contribution in [0.4, 0.5) is 0 Å². The lowest BCUT2D eigenvalue weighted by atomic mass is 10.0. The number of phosphoric acid groups is 1. The van der Waals surface area contributed by atoms with Gasteiger partial charge in [0, 0.05) is 12.8 Å². The van der Waals surface area contributed by atoms with Gasteiger partial charge in [0.1, 0.15) is 19.3 Å². The van der Waals surface area contributed by atoms with E-state index in [2.05, 4.69) is 111 Å². The highest BCUT2D eigenvalue weighted by atomic mass is 31.2. The van der Waals surface area contributed by atoms with Crippen molar-refractivity contribution >= 4 is 19.7 Å². The maximum Gasteiger partial charge on any atom is 0.306 e. The number of allylic oxidation sites excluding steroid dienone is 15. The Bertz CT molecular complexity index is 1660. The van der Waals surface area contributed by atoms with E-state index in [1.807, 2.05) is 33.3 Å². The molecule has 0 spiro atoms. The topological polar surface area (TPSA) is 114 Å². The van der Waals surface area contributed by atoms with Gasteiger partial charge >= 0.3 is 5.97 Å². The van der Waals surface area contributed by atoms with Gasteiger partial charge in [-0.15, -0.1) is 0 Å². The summed E-state index contributed by atoms with van der Waals surface area (Å²) in [6, 6.07) is -0.904. The molecule has 0 aliphatic rings. The molecule has 450 valence electrons. The molecule has 10 heteroatoms. The maximum absolute atomic E-state index is 13.5. The standard InChI is InChI=1S/C68H121N2O7P/c1-7-10-13-16-19-22-25-27-29-30-31-32-33-34-35-36-37-38-39-40-41-42-45-48-51-54-57-60-67(71)69-65(64-76-78(73,74)75-63-62-70(4,5)6)66(59-56-53-50-47-44-24-21-18-15-12-9-3)77-68(72)61-58-55-52-49-46-43-28-26-23-20-17-14-11-8-2/h11,14,19-20,22-23,27-29,31-32,34-35,43,56,59,65-66H,7-10,12-13,15-18,21,24-26,30,33,36-42,44-55,57-58,60-64H2,1-6H3,(H-,69,71,73,74)/b14-11+,22-19-,23-20+,29-27-,32-31-,35-34-,43-28+,59-56-. The number of nitrogens with zero attached hydrogens (tertiary/aromatic N) is 1. The van der Waals surface area contributed by atoms with Gasteiger partial charge in [-0.25, -0.2) is 0 Å². The number of carbonyl (C=O) groups is 2. The molecule has 0 bridgehead atoms. The first-order valence-corrected chi connectivity index (χ1v) is 33.5. The van der Waals surface area contributed by atoms with Crippen molar-refractivity contribution in [2.75, 3.05) is 40.9 Å². The molecule has 0 saturated heterocycles. The summed E-state index contributed by atoms with van der Waals surface area (Å²) in [4.78, 5) is 40.0. The average Bonchev–Trinajstić information content (AvgIpc) is 3.40. The molecule has 0 rings (SSSR count). The summed E-state index contributed by atoms with van der Waals surface area (Å²) in [5.74, 6) is -0.573. The van der Waals surface area contributed by atoms with E-state index in [0.717, 1.165) is 109 Å². The van der Waals surface area contributed by atoms with Crippen molar-refractivity contribution in [2.24, 2.45) is 0 Å². The van der Waals surface area contributed by atoms with Crippen molar-refractivity contribution in [3.05, 3.63) is 97.2 Å². The van der Waals surface area contributed by atoms with E-state index >= 15 is 0 Å². The molecule has 0 aromatic rings. The molecule has 1 amide bonds. The third-order valence-corrected chi connectivity index (χ3v) is 14.7. The van der Waals surface area contributed by atoms with Crippen molar-refractivity contribution in [1.82, 2.24) is 5.32 Å². The van der Waals surface area contributed by atoms with E-state index in [4.69, 9.17) is 13.8 Å². The van der Waals surface area contributed by atoms with E-state index in [1.165, 1.54) is 122 Å². The van der Waals surface area contributed by atoms with Gasteiger partial charge in [-0.3, -0.25) is 14.2 Å². The van der Waals surface area contributed by atoms with E-state index < -0.39 is 26.6 Å². The van der Waals surface area contributed by atoms with E-state index in [0.29, 0.717) is 23.9 Å². The average molecular weight is 1110 g/mol. The summed E-state index contributed by atoms with van der Waals surface area (Å²) in [5, 5.41) is 3.02. The van der Waals surface area contributed by atoms with Crippen molar-refractivity contribution in [3.8, 4) is 0 Å². The van der Waals surface area contributed by atoms with Crippen LogP contribution in [0.25, 0.3) is 0 Å². The minimum absolute atomic E-state index is 0.0307. The Balaban J connectivity index is 5.08. The molecule has 0 aromatic heterocycles. The highest BCUT2D eigenvalue weighted by Crippen LogP contribution is 2.38. The van der Waals surface area contributed by atoms with Crippen LogP contribution in [0.15, 0.2) is 97.2 Å². The molecule has 0 aliphatic carbocycles. The smallest absolute Gasteiger partial charge is 0.306 e. The van der Waals surface area contributed by atoms with Crippen LogP contribution in [-0.4, -0.2) is 69.4 Å². The van der Waals surface area contributed by atoms with Crippen LogP contribution in [0.3, 0.4) is 0 Å². The molecule has 0 radical (unpaired) electrons. The van der Waals surface area contributed by atoms with Crippen LogP contribution in [0.2, 0.25) is 0 Å². The summed E-state index contributed by atoms with van der Waals surface area (Å²) < 4.78 is 30.3. The molecule has 3 atom stereocenters. The Labute approximate surface area is 481 Å². The number of carbonyl (C=O) groups excluding carboxylic acids is 2. The number of amides is 1. The fourth-order valence-corrected chi connectivity index (χ4v) is 9.54. The third-order valence-electron chi connectivity index (χ3n) is 13.7. The van der Waals surface area contributed by atoms with Gasteiger partial charge < -0.3 is 28.5 Å². The van der Waals surface area contributed by atoms with Crippen molar-refractivity contribution in [1.29, 1.82) is 0 Å². The van der Waals surface area contributed by atoms with Gasteiger partial charge in [-0.2, -0.15) is 0 Å². The first kappa shape index (κ1) is 74.9. The van der Waals surface area contributed by atoms with Crippen LogP contribution < -0.4 is 10.2 Å². The number of hydrogen-bond donors (Lipinski definition) is 1. The Morgan fingerprint density at radius 3 is 1.26 bits per heavy atom. The van der Waals surface area contributed by atoms with Crippen LogP contribution in [0, 0.1) is 0 Å². The number of ether oxygens (including phenoxy) is 1. The first-order valence-electron chi connectivity index (χ1n) is 32.0. The monoisotopic (exact) mass is 1110 g/mol. The molecule has 78 heavy (non-hydrogen) atoms. The number of hydrogen-bond acceptors (Lipinski definition) is 7. The molecule has 0 aromatic carbocycles. The summed E-state index contributed by atoms with van der Waals surface area (Å²) in [7, 11) is 1.16. The third kappa shape index (κ3) is 57.6. The number of quaternary nitrogens is 1. The van der Waals surface area contributed by atoms with E-state index in [9.17, 15) is 19.0 Å². The molecule has 0 saturated carbocycles. The van der Waals surface area contributed by atoms with Crippen LogP contribution >= 0.6 is 7.82 Å². The van der Waals surface area contributed by atoms with Crippen molar-refractivity contribution < 1.29 is 37.3 Å². The van der Waals surface area contributed by atoms with Crippen LogP contribution in [-0.2, 0) is 27.9 Å². The highest BCUT2D eigenvalue weighted by Gasteiger charge is 2.27. The highest BCUT2D eigenvalue weighted by molar-refractivity contribution is 7.45. The first-order chi connectivity index (χ1) is 37.9. The SMILES string of the molecule is CC/C=C/C/C=C/C/C=C/CCCCCCC(=O)OC(/C=C\CCCCCCCCCCC)C(COP(=O)([O-])OCC[N+](C)(C)C)NC(=O)CCCCCCCCCCCCC/C=C\C/C=C\C/C=C\C/C=C\CCCCC. The van der Waals surface area contributed by atoms with Gasteiger partial charge in [-0.05, 0) is 109 Å². The molecular weight excluding hydrogens is 988 g/mol. The van der Waals surface area contributed by atoms with Gasteiger partial charge in [0.05, 0.1) is 33.8 Å². The Hall–Kier alpha value is -3.07. The zero-order chi connectivity index (χ0) is 57.2. The molecule has 0 heterocycles. The summed E-state index contributed by atoms with van der Waals surface area (Å²) in [6.07, 6.45) is 76.7. The predicted molar refractivity (Wildman–Crippen MR) is 334 cm³/mol. The minimum atomic E-state index is -4.71. The fraction of sp³-hybridized carbons (Fsp3) is 0.735. The summed E-state index contributed by atoms with van der Waals surface area (Å²) in [6.45, 7) is 6.67. The van der Waals surface area contributed by atoms with Gasteiger partial charge in [-0.1, -0.05) is 247 Å². The molecule has 9 nitrogen and oxygen atoms in total. The number of esters is 1. The molecule has 3 unspecified atom stereocenters. The molecular formula is C68H121N2O7P. The normalized spacial score (nSPS) is 14.3.